The molecular formula is C17H17FN2O. The van der Waals surface area contributed by atoms with Crippen molar-refractivity contribution in [1.82, 2.24) is 9.38 Å². The van der Waals surface area contributed by atoms with E-state index in [1.54, 1.807) is 17.6 Å². The van der Waals surface area contributed by atoms with E-state index in [-0.39, 0.29) is 5.82 Å². The Bertz CT molecular complexity index is 793. The predicted octanol–water partition coefficient (Wildman–Crippen LogP) is 4.27. The van der Waals surface area contributed by atoms with E-state index in [1.165, 1.54) is 17.8 Å². The standard InChI is InChI=1S/C17H17FN2O/c1-11(2)12-4-6-16(21-3)14(8-12)15-10-20-9-13(18)5-7-17(20)19-15/h4-11H,1-3H3. The van der Waals surface area contributed by atoms with Gasteiger partial charge in [-0.3, -0.25) is 0 Å². The number of nitrogens with zero attached hydrogens (tertiary/aromatic N) is 2. The number of fused-ring (bicyclic) bond motifs is 1. The molecule has 0 saturated heterocycles. The van der Waals surface area contributed by atoms with Crippen LogP contribution < -0.4 is 4.74 Å². The fourth-order valence-electron chi connectivity index (χ4n) is 2.38. The summed E-state index contributed by atoms with van der Waals surface area (Å²) < 4.78 is 20.4. The molecule has 0 aliphatic carbocycles. The highest BCUT2D eigenvalue weighted by Crippen LogP contribution is 2.32. The van der Waals surface area contributed by atoms with E-state index >= 15 is 0 Å². The Labute approximate surface area is 123 Å². The molecule has 1 aromatic carbocycles. The minimum absolute atomic E-state index is 0.283. The van der Waals surface area contributed by atoms with E-state index in [9.17, 15) is 4.39 Å². The number of imidazole rings is 1. The number of hydrogen-bond donors (Lipinski definition) is 0. The first-order chi connectivity index (χ1) is 10.1. The highest BCUT2D eigenvalue weighted by molar-refractivity contribution is 5.70. The van der Waals surface area contributed by atoms with E-state index in [0.29, 0.717) is 11.6 Å². The summed E-state index contributed by atoms with van der Waals surface area (Å²) in [4.78, 5) is 4.55. The Kier molecular flexibility index (Phi) is 3.37. The van der Waals surface area contributed by atoms with Crippen LogP contribution in [0.25, 0.3) is 16.9 Å². The third-order valence-electron chi connectivity index (χ3n) is 3.58. The van der Waals surface area contributed by atoms with Gasteiger partial charge in [-0.25, -0.2) is 9.37 Å². The summed E-state index contributed by atoms with van der Waals surface area (Å²) in [6.45, 7) is 4.29. The second-order valence-corrected chi connectivity index (χ2v) is 5.35. The maximum atomic E-state index is 13.3. The van der Waals surface area contributed by atoms with Crippen LogP contribution in [0.1, 0.15) is 25.3 Å². The lowest BCUT2D eigenvalue weighted by Gasteiger charge is -2.11. The molecule has 0 aliphatic heterocycles. The van der Waals surface area contributed by atoms with Gasteiger partial charge in [0.1, 0.15) is 17.2 Å². The molecule has 0 N–H and O–H groups in total. The van der Waals surface area contributed by atoms with Crippen LogP contribution in [0.3, 0.4) is 0 Å². The number of ether oxygens (including phenoxy) is 1. The lowest BCUT2D eigenvalue weighted by atomic mass is 9.99. The van der Waals surface area contributed by atoms with Gasteiger partial charge in [0.25, 0.3) is 0 Å². The number of rotatable bonds is 3. The fourth-order valence-corrected chi connectivity index (χ4v) is 2.38. The average molecular weight is 284 g/mol. The van der Waals surface area contributed by atoms with Crippen molar-refractivity contribution < 1.29 is 9.13 Å². The molecule has 3 nitrogen and oxygen atoms in total. The molecule has 0 spiro atoms. The molecule has 0 amide bonds. The summed E-state index contributed by atoms with van der Waals surface area (Å²) in [5, 5.41) is 0. The molecule has 0 atom stereocenters. The summed E-state index contributed by atoms with van der Waals surface area (Å²) in [6, 6.07) is 9.17. The Morgan fingerprint density at radius 2 is 1.95 bits per heavy atom. The van der Waals surface area contributed by atoms with E-state index in [1.807, 2.05) is 12.3 Å². The number of hydrogen-bond acceptors (Lipinski definition) is 2. The Hall–Kier alpha value is -2.36. The molecule has 21 heavy (non-hydrogen) atoms. The van der Waals surface area contributed by atoms with Crippen LogP contribution in [-0.4, -0.2) is 16.5 Å². The molecule has 108 valence electrons. The average Bonchev–Trinajstić information content (AvgIpc) is 2.89. The maximum absolute atomic E-state index is 13.3. The highest BCUT2D eigenvalue weighted by Gasteiger charge is 2.12. The zero-order chi connectivity index (χ0) is 15.0. The molecule has 0 bridgehead atoms. The van der Waals surface area contributed by atoms with Gasteiger partial charge in [-0.1, -0.05) is 19.9 Å². The SMILES string of the molecule is COc1ccc(C(C)C)cc1-c1cn2cc(F)ccc2n1. The third-order valence-corrected chi connectivity index (χ3v) is 3.58. The van der Waals surface area contributed by atoms with Gasteiger partial charge in [0.15, 0.2) is 0 Å². The van der Waals surface area contributed by atoms with Gasteiger partial charge in [0.05, 0.1) is 12.8 Å². The minimum Gasteiger partial charge on any atom is -0.496 e. The van der Waals surface area contributed by atoms with Crippen molar-refractivity contribution >= 4 is 5.65 Å². The Balaban J connectivity index is 2.18. The van der Waals surface area contributed by atoms with Gasteiger partial charge in [0, 0.05) is 18.0 Å². The molecule has 3 aromatic rings. The van der Waals surface area contributed by atoms with Crippen LogP contribution in [0, 0.1) is 5.82 Å². The fraction of sp³-hybridized carbons (Fsp3) is 0.235. The molecule has 0 aliphatic rings. The number of pyridine rings is 1. The minimum atomic E-state index is -0.283. The van der Waals surface area contributed by atoms with Crippen molar-refractivity contribution in [2.24, 2.45) is 0 Å². The first kappa shape index (κ1) is 13.6. The lowest BCUT2D eigenvalue weighted by Crippen LogP contribution is -1.92. The predicted molar refractivity (Wildman–Crippen MR) is 81.2 cm³/mol. The van der Waals surface area contributed by atoms with Crippen molar-refractivity contribution in [3.8, 4) is 17.0 Å². The molecule has 0 fully saturated rings. The number of halogens is 1. The summed E-state index contributed by atoms with van der Waals surface area (Å²) in [7, 11) is 1.64. The van der Waals surface area contributed by atoms with Crippen LogP contribution in [0.4, 0.5) is 4.39 Å². The largest absolute Gasteiger partial charge is 0.496 e. The smallest absolute Gasteiger partial charge is 0.139 e. The van der Waals surface area contributed by atoms with E-state index < -0.39 is 0 Å². The Morgan fingerprint density at radius 1 is 1.14 bits per heavy atom. The summed E-state index contributed by atoms with van der Waals surface area (Å²) in [5.41, 5.74) is 3.63. The normalized spacial score (nSPS) is 11.3. The van der Waals surface area contributed by atoms with Gasteiger partial charge < -0.3 is 9.14 Å². The molecular weight excluding hydrogens is 267 g/mol. The van der Waals surface area contributed by atoms with Gasteiger partial charge in [-0.2, -0.15) is 0 Å². The van der Waals surface area contributed by atoms with Gasteiger partial charge in [0.2, 0.25) is 0 Å². The van der Waals surface area contributed by atoms with Crippen LogP contribution in [0.15, 0.2) is 42.7 Å². The maximum Gasteiger partial charge on any atom is 0.139 e. The van der Waals surface area contributed by atoms with Crippen LogP contribution in [-0.2, 0) is 0 Å². The third kappa shape index (κ3) is 2.49. The van der Waals surface area contributed by atoms with E-state index in [2.05, 4.69) is 31.0 Å². The molecule has 4 heteroatoms. The highest BCUT2D eigenvalue weighted by atomic mass is 19.1. The molecule has 0 radical (unpaired) electrons. The lowest BCUT2D eigenvalue weighted by molar-refractivity contribution is 0.416. The van der Waals surface area contributed by atoms with Gasteiger partial charge in [-0.05, 0) is 35.7 Å². The topological polar surface area (TPSA) is 26.5 Å². The zero-order valence-corrected chi connectivity index (χ0v) is 12.3. The molecule has 0 saturated carbocycles. The van der Waals surface area contributed by atoms with Crippen LogP contribution in [0.5, 0.6) is 5.75 Å². The summed E-state index contributed by atoms with van der Waals surface area (Å²) in [6.07, 6.45) is 3.24. The Morgan fingerprint density at radius 3 is 2.67 bits per heavy atom. The van der Waals surface area contributed by atoms with E-state index in [4.69, 9.17) is 4.74 Å². The number of benzene rings is 1. The summed E-state index contributed by atoms with van der Waals surface area (Å²) in [5.74, 6) is 0.904. The van der Waals surface area contributed by atoms with Crippen molar-refractivity contribution in [2.45, 2.75) is 19.8 Å². The molecule has 2 heterocycles. The second kappa shape index (κ2) is 5.20. The molecule has 3 rings (SSSR count). The molecule has 0 unspecified atom stereocenters. The van der Waals surface area contributed by atoms with E-state index in [0.717, 1.165) is 17.0 Å². The van der Waals surface area contributed by atoms with Crippen molar-refractivity contribution in [3.05, 3.63) is 54.1 Å². The summed E-state index contributed by atoms with van der Waals surface area (Å²) >= 11 is 0. The first-order valence-corrected chi connectivity index (χ1v) is 6.91. The quantitative estimate of drug-likeness (QED) is 0.718. The molecule has 2 aromatic heterocycles. The number of methoxy groups -OCH3 is 1. The van der Waals surface area contributed by atoms with Crippen LogP contribution >= 0.6 is 0 Å². The monoisotopic (exact) mass is 284 g/mol. The van der Waals surface area contributed by atoms with Gasteiger partial charge in [-0.15, -0.1) is 0 Å². The number of aromatic nitrogens is 2. The van der Waals surface area contributed by atoms with Crippen molar-refractivity contribution in [1.29, 1.82) is 0 Å². The van der Waals surface area contributed by atoms with Crippen molar-refractivity contribution in [2.75, 3.05) is 7.11 Å². The zero-order valence-electron chi connectivity index (χ0n) is 12.3. The van der Waals surface area contributed by atoms with Crippen LogP contribution in [0.2, 0.25) is 0 Å². The van der Waals surface area contributed by atoms with Gasteiger partial charge >= 0.3 is 0 Å². The van der Waals surface area contributed by atoms with Crippen molar-refractivity contribution in [3.63, 3.8) is 0 Å². The second-order valence-electron chi connectivity index (χ2n) is 5.35. The first-order valence-electron chi connectivity index (χ1n) is 6.91.